The normalized spacial score (nSPS) is 11.3. The molecule has 0 bridgehead atoms. The molecule has 118 valence electrons. The number of carbonyl (C=O) groups is 1. The quantitative estimate of drug-likeness (QED) is 0.489. The van der Waals surface area contributed by atoms with E-state index < -0.39 is 5.97 Å². The van der Waals surface area contributed by atoms with E-state index in [-0.39, 0.29) is 5.69 Å². The van der Waals surface area contributed by atoms with Crippen LogP contribution in [-0.4, -0.2) is 16.1 Å². The highest BCUT2D eigenvalue weighted by atomic mass is 16.4. The second-order valence-corrected chi connectivity index (χ2v) is 5.67. The number of carboxylic acid groups (broad SMARTS) is 1. The molecule has 1 heterocycles. The van der Waals surface area contributed by atoms with Crippen LogP contribution in [0, 0.1) is 0 Å². The number of hydrogen-bond acceptors (Lipinski definition) is 1. The van der Waals surface area contributed by atoms with E-state index in [0.29, 0.717) is 0 Å². The Bertz CT molecular complexity index is 421. The van der Waals surface area contributed by atoms with Gasteiger partial charge in [0.1, 0.15) is 5.69 Å². The molecule has 0 aliphatic rings. The van der Waals surface area contributed by atoms with Gasteiger partial charge in [0, 0.05) is 6.20 Å². The first-order valence-corrected chi connectivity index (χ1v) is 8.32. The highest BCUT2D eigenvalue weighted by Crippen LogP contribution is 2.11. The van der Waals surface area contributed by atoms with Crippen LogP contribution in [0.5, 0.6) is 0 Å². The molecular formula is C18H29NO2. The molecule has 0 aliphatic carbocycles. The molecule has 0 saturated carbocycles. The maximum absolute atomic E-state index is 10.7. The minimum Gasteiger partial charge on any atom is -0.477 e. The summed E-state index contributed by atoms with van der Waals surface area (Å²) in [6, 6.07) is 1.66. The first-order chi connectivity index (χ1) is 10.2. The van der Waals surface area contributed by atoms with Crippen LogP contribution in [0.3, 0.4) is 0 Å². The van der Waals surface area contributed by atoms with Gasteiger partial charge in [0.15, 0.2) is 0 Å². The zero-order chi connectivity index (χ0) is 15.3. The van der Waals surface area contributed by atoms with E-state index in [1.54, 1.807) is 12.3 Å². The molecule has 0 aliphatic heterocycles. The van der Waals surface area contributed by atoms with Crippen LogP contribution in [0.1, 0.15) is 87.2 Å². The van der Waals surface area contributed by atoms with Crippen LogP contribution in [0.25, 0.3) is 6.08 Å². The molecule has 1 aromatic heterocycles. The fourth-order valence-electron chi connectivity index (χ4n) is 2.42. The minimum absolute atomic E-state index is 0.248. The van der Waals surface area contributed by atoms with Gasteiger partial charge in [-0.05, 0) is 24.5 Å². The lowest BCUT2D eigenvalue weighted by molar-refractivity contribution is 0.0691. The maximum Gasteiger partial charge on any atom is 0.352 e. The summed E-state index contributed by atoms with van der Waals surface area (Å²) in [6.45, 7) is 2.25. The molecule has 0 aromatic carbocycles. The van der Waals surface area contributed by atoms with Gasteiger partial charge in [-0.15, -0.1) is 0 Å². The average molecular weight is 291 g/mol. The smallest absolute Gasteiger partial charge is 0.352 e. The summed E-state index contributed by atoms with van der Waals surface area (Å²) in [4.78, 5) is 13.5. The van der Waals surface area contributed by atoms with Crippen molar-refractivity contribution in [1.29, 1.82) is 0 Å². The van der Waals surface area contributed by atoms with Gasteiger partial charge in [-0.1, -0.05) is 70.4 Å². The number of aromatic carboxylic acids is 1. The van der Waals surface area contributed by atoms with Crippen molar-refractivity contribution in [3.8, 4) is 0 Å². The molecule has 0 fully saturated rings. The van der Waals surface area contributed by atoms with Gasteiger partial charge in [-0.25, -0.2) is 4.79 Å². The Labute approximate surface area is 128 Å². The van der Waals surface area contributed by atoms with E-state index in [1.165, 1.54) is 57.8 Å². The molecule has 0 amide bonds. The second kappa shape index (κ2) is 11.2. The van der Waals surface area contributed by atoms with Crippen molar-refractivity contribution in [3.05, 3.63) is 29.6 Å². The molecule has 0 saturated heterocycles. The zero-order valence-electron chi connectivity index (χ0n) is 13.2. The van der Waals surface area contributed by atoms with Crippen molar-refractivity contribution in [2.24, 2.45) is 0 Å². The summed E-state index contributed by atoms with van der Waals surface area (Å²) < 4.78 is 0. The lowest BCUT2D eigenvalue weighted by atomic mass is 10.1. The van der Waals surface area contributed by atoms with E-state index in [4.69, 9.17) is 5.11 Å². The van der Waals surface area contributed by atoms with Crippen molar-refractivity contribution in [2.75, 3.05) is 0 Å². The van der Waals surface area contributed by atoms with Crippen LogP contribution in [0.2, 0.25) is 0 Å². The molecule has 0 unspecified atom stereocenters. The van der Waals surface area contributed by atoms with Gasteiger partial charge in [0.05, 0.1) is 0 Å². The zero-order valence-corrected chi connectivity index (χ0v) is 13.2. The number of aromatic nitrogens is 1. The molecule has 1 rings (SSSR count). The summed E-state index contributed by atoms with van der Waals surface area (Å²) in [5.41, 5.74) is 1.18. The Morgan fingerprint density at radius 3 is 2.29 bits per heavy atom. The van der Waals surface area contributed by atoms with Gasteiger partial charge in [-0.3, -0.25) is 0 Å². The van der Waals surface area contributed by atoms with Gasteiger partial charge in [-0.2, -0.15) is 0 Å². The molecule has 1 aromatic rings. The fourth-order valence-corrected chi connectivity index (χ4v) is 2.42. The van der Waals surface area contributed by atoms with Gasteiger partial charge in [0.25, 0.3) is 0 Å². The summed E-state index contributed by atoms with van der Waals surface area (Å²) >= 11 is 0. The van der Waals surface area contributed by atoms with Crippen molar-refractivity contribution in [1.82, 2.24) is 4.98 Å². The number of hydrogen-bond donors (Lipinski definition) is 2. The van der Waals surface area contributed by atoms with Crippen LogP contribution in [0.4, 0.5) is 0 Å². The number of H-pyrrole nitrogens is 1. The summed E-state index contributed by atoms with van der Waals surface area (Å²) in [6.07, 6.45) is 19.0. The number of rotatable bonds is 12. The van der Waals surface area contributed by atoms with Crippen LogP contribution in [-0.2, 0) is 0 Å². The highest BCUT2D eigenvalue weighted by molar-refractivity contribution is 5.86. The van der Waals surface area contributed by atoms with Crippen LogP contribution >= 0.6 is 0 Å². The van der Waals surface area contributed by atoms with Crippen molar-refractivity contribution in [2.45, 2.75) is 71.1 Å². The number of nitrogens with one attached hydrogen (secondary N) is 1. The third-order valence-electron chi connectivity index (χ3n) is 3.72. The van der Waals surface area contributed by atoms with Gasteiger partial charge >= 0.3 is 5.97 Å². The van der Waals surface area contributed by atoms with Crippen molar-refractivity contribution >= 4 is 12.0 Å². The standard InChI is InChI=1S/C18H29NO2/c1-2-3-4-5-6-7-8-9-10-11-12-13-16-14-17(18(20)21)19-15-16/h12-15,19H,2-11H2,1H3,(H,20,21)/b13-12+. The third kappa shape index (κ3) is 8.38. The van der Waals surface area contributed by atoms with E-state index >= 15 is 0 Å². The first kappa shape index (κ1) is 17.5. The van der Waals surface area contributed by atoms with E-state index in [1.807, 2.05) is 6.08 Å². The Morgan fingerprint density at radius 1 is 1.10 bits per heavy atom. The Hall–Kier alpha value is -1.51. The second-order valence-electron chi connectivity index (χ2n) is 5.67. The number of aromatic amines is 1. The molecule has 3 nitrogen and oxygen atoms in total. The lowest BCUT2D eigenvalue weighted by Gasteiger charge is -2.00. The number of allylic oxidation sites excluding steroid dienone is 1. The predicted molar refractivity (Wildman–Crippen MR) is 88.6 cm³/mol. The third-order valence-corrected chi connectivity index (χ3v) is 3.72. The molecule has 3 heteroatoms. The van der Waals surface area contributed by atoms with E-state index in [9.17, 15) is 4.79 Å². The largest absolute Gasteiger partial charge is 0.477 e. The Kier molecular flexibility index (Phi) is 9.34. The first-order valence-electron chi connectivity index (χ1n) is 8.32. The van der Waals surface area contributed by atoms with Crippen LogP contribution in [0.15, 0.2) is 18.3 Å². The fraction of sp³-hybridized carbons (Fsp3) is 0.611. The van der Waals surface area contributed by atoms with E-state index in [0.717, 1.165) is 12.0 Å². The predicted octanol–water partition coefficient (Wildman–Crippen LogP) is 5.65. The van der Waals surface area contributed by atoms with Crippen LogP contribution < -0.4 is 0 Å². The molecule has 0 spiro atoms. The summed E-state index contributed by atoms with van der Waals surface area (Å²) in [5, 5.41) is 8.80. The monoisotopic (exact) mass is 291 g/mol. The minimum atomic E-state index is -0.909. The number of carboxylic acids is 1. The molecular weight excluding hydrogens is 262 g/mol. The topological polar surface area (TPSA) is 53.1 Å². The average Bonchev–Trinajstić information content (AvgIpc) is 2.94. The highest BCUT2D eigenvalue weighted by Gasteiger charge is 2.03. The molecule has 0 atom stereocenters. The van der Waals surface area contributed by atoms with Gasteiger partial charge in [0.2, 0.25) is 0 Å². The molecule has 2 N–H and O–H groups in total. The molecule has 0 radical (unpaired) electrons. The van der Waals surface area contributed by atoms with Gasteiger partial charge < -0.3 is 10.1 Å². The Balaban J connectivity index is 1.98. The SMILES string of the molecule is CCCCCCCCCCC/C=C/c1c[nH]c(C(=O)O)c1. The summed E-state index contributed by atoms with van der Waals surface area (Å²) in [5.74, 6) is -0.909. The number of unbranched alkanes of at least 4 members (excludes halogenated alkanes) is 9. The van der Waals surface area contributed by atoms with E-state index in [2.05, 4.69) is 18.0 Å². The lowest BCUT2D eigenvalue weighted by Crippen LogP contribution is -1.94. The van der Waals surface area contributed by atoms with Crippen molar-refractivity contribution in [3.63, 3.8) is 0 Å². The maximum atomic E-state index is 10.7. The molecule has 21 heavy (non-hydrogen) atoms. The van der Waals surface area contributed by atoms with Crippen molar-refractivity contribution < 1.29 is 9.90 Å². The summed E-state index contributed by atoms with van der Waals surface area (Å²) in [7, 11) is 0. The Morgan fingerprint density at radius 2 is 1.71 bits per heavy atom.